The number of ether oxygens (including phenoxy) is 1. The summed E-state index contributed by atoms with van der Waals surface area (Å²) in [6, 6.07) is 0. The zero-order valence-corrected chi connectivity index (χ0v) is 11.1. The van der Waals surface area contributed by atoms with Crippen LogP contribution >= 0.6 is 10.2 Å². The lowest BCUT2D eigenvalue weighted by atomic mass is 10.0. The van der Waals surface area contributed by atoms with Crippen LogP contribution in [0.1, 0.15) is 19.8 Å². The van der Waals surface area contributed by atoms with Gasteiger partial charge in [-0.15, -0.1) is 0 Å². The molecule has 0 saturated carbocycles. The number of piperidine rings is 1. The SMILES string of the molecule is CCOC(=O)C1CCCN(S(C)(C)C)C1. The van der Waals surface area contributed by atoms with Gasteiger partial charge < -0.3 is 4.74 Å². The topological polar surface area (TPSA) is 29.5 Å². The maximum atomic E-state index is 11.6. The third-order valence-electron chi connectivity index (χ3n) is 2.78. The van der Waals surface area contributed by atoms with Crippen LogP contribution in [0, 0.1) is 5.92 Å². The molecule has 1 unspecified atom stereocenters. The fourth-order valence-electron chi connectivity index (χ4n) is 1.89. The molecule has 0 bridgehead atoms. The van der Waals surface area contributed by atoms with Crippen molar-refractivity contribution in [3.05, 3.63) is 0 Å². The van der Waals surface area contributed by atoms with Gasteiger partial charge in [-0.3, -0.25) is 9.10 Å². The summed E-state index contributed by atoms with van der Waals surface area (Å²) in [4.78, 5) is 11.6. The summed E-state index contributed by atoms with van der Waals surface area (Å²) in [5.74, 6) is 0.0938. The molecule has 0 aromatic heterocycles. The Bertz CT molecular complexity index is 225. The van der Waals surface area contributed by atoms with E-state index in [-0.39, 0.29) is 11.9 Å². The summed E-state index contributed by atoms with van der Waals surface area (Å²) in [7, 11) is -0.682. The van der Waals surface area contributed by atoms with Gasteiger partial charge in [0.05, 0.1) is 12.5 Å². The number of carbonyl (C=O) groups excluding carboxylic acids is 1. The number of hydrogen-bond acceptors (Lipinski definition) is 3. The standard InChI is InChI=1S/C11H23NO2S/c1-5-14-11(13)10-7-6-8-12(9-10)15(2,3)4/h10H,5-9H2,1-4H3. The smallest absolute Gasteiger partial charge is 0.310 e. The number of nitrogens with zero attached hydrogens (tertiary/aromatic N) is 1. The van der Waals surface area contributed by atoms with Crippen LogP contribution in [0.3, 0.4) is 0 Å². The van der Waals surface area contributed by atoms with Gasteiger partial charge in [0.2, 0.25) is 0 Å². The molecule has 1 saturated heterocycles. The lowest BCUT2D eigenvalue weighted by Gasteiger charge is -2.44. The normalized spacial score (nSPS) is 24.9. The number of carbonyl (C=O) groups is 1. The molecule has 0 N–H and O–H groups in total. The van der Waals surface area contributed by atoms with E-state index in [0.29, 0.717) is 6.61 Å². The van der Waals surface area contributed by atoms with Crippen molar-refractivity contribution in [2.45, 2.75) is 19.8 Å². The molecule has 0 amide bonds. The van der Waals surface area contributed by atoms with Crippen LogP contribution in [0.5, 0.6) is 0 Å². The number of hydrogen-bond donors (Lipinski definition) is 0. The van der Waals surface area contributed by atoms with Gasteiger partial charge in [-0.2, -0.15) is 10.2 Å². The Morgan fingerprint density at radius 1 is 1.47 bits per heavy atom. The van der Waals surface area contributed by atoms with Gasteiger partial charge in [-0.1, -0.05) is 0 Å². The van der Waals surface area contributed by atoms with Crippen molar-refractivity contribution in [1.82, 2.24) is 4.31 Å². The summed E-state index contributed by atoms with van der Waals surface area (Å²) < 4.78 is 7.54. The van der Waals surface area contributed by atoms with Crippen molar-refractivity contribution < 1.29 is 9.53 Å². The maximum absolute atomic E-state index is 11.6. The minimum atomic E-state index is -0.682. The third kappa shape index (κ3) is 3.68. The Balaban J connectivity index is 2.52. The third-order valence-corrected chi connectivity index (χ3v) is 4.66. The lowest BCUT2D eigenvalue weighted by Crippen LogP contribution is -2.40. The molecule has 0 radical (unpaired) electrons. The molecular weight excluding hydrogens is 210 g/mol. The minimum absolute atomic E-state index is 0.00847. The molecule has 0 spiro atoms. The van der Waals surface area contributed by atoms with Gasteiger partial charge in [0, 0.05) is 13.1 Å². The van der Waals surface area contributed by atoms with Gasteiger partial charge in [0.1, 0.15) is 0 Å². The van der Waals surface area contributed by atoms with E-state index in [9.17, 15) is 4.79 Å². The van der Waals surface area contributed by atoms with Crippen LogP contribution in [0.25, 0.3) is 0 Å². The zero-order chi connectivity index (χ0) is 11.5. The molecule has 1 rings (SSSR count). The summed E-state index contributed by atoms with van der Waals surface area (Å²) in [6.45, 7) is 4.39. The van der Waals surface area contributed by atoms with Gasteiger partial charge in [-0.05, 0) is 38.5 Å². The molecule has 0 aromatic rings. The fourth-order valence-corrected chi connectivity index (χ4v) is 3.20. The average molecular weight is 233 g/mol. The molecule has 0 aromatic carbocycles. The van der Waals surface area contributed by atoms with E-state index in [1.165, 1.54) is 0 Å². The highest BCUT2D eigenvalue weighted by molar-refractivity contribution is 8.30. The van der Waals surface area contributed by atoms with Gasteiger partial charge in [-0.25, -0.2) is 0 Å². The monoisotopic (exact) mass is 233 g/mol. The van der Waals surface area contributed by atoms with Crippen molar-refractivity contribution in [2.24, 2.45) is 5.92 Å². The van der Waals surface area contributed by atoms with Gasteiger partial charge >= 0.3 is 5.97 Å². The number of rotatable bonds is 3. The van der Waals surface area contributed by atoms with Crippen molar-refractivity contribution in [3.63, 3.8) is 0 Å². The van der Waals surface area contributed by atoms with E-state index in [0.717, 1.165) is 25.9 Å². The van der Waals surface area contributed by atoms with E-state index < -0.39 is 10.2 Å². The molecule has 1 aliphatic heterocycles. The quantitative estimate of drug-likeness (QED) is 0.697. The highest BCUT2D eigenvalue weighted by Crippen LogP contribution is 2.42. The van der Waals surface area contributed by atoms with Crippen LogP contribution in [-0.2, 0) is 9.53 Å². The van der Waals surface area contributed by atoms with Gasteiger partial charge in [0.15, 0.2) is 0 Å². The van der Waals surface area contributed by atoms with Crippen molar-refractivity contribution in [3.8, 4) is 0 Å². The molecule has 90 valence electrons. The molecule has 0 aliphatic carbocycles. The Morgan fingerprint density at radius 3 is 2.67 bits per heavy atom. The second-order valence-electron chi connectivity index (χ2n) is 4.75. The first-order valence-corrected chi connectivity index (χ1v) is 8.36. The molecule has 15 heavy (non-hydrogen) atoms. The first kappa shape index (κ1) is 12.8. The van der Waals surface area contributed by atoms with Crippen molar-refractivity contribution >= 4 is 16.2 Å². The molecule has 1 aliphatic rings. The molecule has 1 heterocycles. The van der Waals surface area contributed by atoms with Crippen LogP contribution in [-0.4, -0.2) is 48.7 Å². The van der Waals surface area contributed by atoms with E-state index in [1.54, 1.807) is 0 Å². The predicted octanol–water partition coefficient (Wildman–Crippen LogP) is 1.87. The van der Waals surface area contributed by atoms with Crippen molar-refractivity contribution in [2.75, 3.05) is 38.5 Å². The first-order chi connectivity index (χ1) is 6.95. The van der Waals surface area contributed by atoms with Crippen LogP contribution in [0.15, 0.2) is 0 Å². The Hall–Kier alpha value is -0.220. The zero-order valence-electron chi connectivity index (χ0n) is 10.3. The first-order valence-electron chi connectivity index (χ1n) is 5.55. The fraction of sp³-hybridized carbons (Fsp3) is 0.909. The Morgan fingerprint density at radius 2 is 2.13 bits per heavy atom. The van der Waals surface area contributed by atoms with Crippen LogP contribution in [0.2, 0.25) is 0 Å². The highest BCUT2D eigenvalue weighted by Gasteiger charge is 2.30. The predicted molar refractivity (Wildman–Crippen MR) is 66.3 cm³/mol. The Labute approximate surface area is 94.6 Å². The molecule has 4 heteroatoms. The molecule has 3 nitrogen and oxygen atoms in total. The molecular formula is C11H23NO2S. The van der Waals surface area contributed by atoms with E-state index in [1.807, 2.05) is 6.92 Å². The number of esters is 1. The van der Waals surface area contributed by atoms with Gasteiger partial charge in [0.25, 0.3) is 0 Å². The second kappa shape index (κ2) is 5.21. The minimum Gasteiger partial charge on any atom is -0.466 e. The highest BCUT2D eigenvalue weighted by atomic mass is 32.3. The summed E-state index contributed by atoms with van der Waals surface area (Å²) in [6.07, 6.45) is 8.94. The molecule has 1 fully saturated rings. The second-order valence-corrected chi connectivity index (χ2v) is 8.81. The average Bonchev–Trinajstić information content (AvgIpc) is 2.17. The summed E-state index contributed by atoms with van der Waals surface area (Å²) >= 11 is 0. The van der Waals surface area contributed by atoms with Crippen LogP contribution < -0.4 is 0 Å². The maximum Gasteiger partial charge on any atom is 0.310 e. The van der Waals surface area contributed by atoms with E-state index >= 15 is 0 Å². The van der Waals surface area contributed by atoms with Crippen LogP contribution in [0.4, 0.5) is 0 Å². The van der Waals surface area contributed by atoms with E-state index in [2.05, 4.69) is 23.1 Å². The Kier molecular flexibility index (Phi) is 4.46. The molecule has 1 atom stereocenters. The van der Waals surface area contributed by atoms with Crippen molar-refractivity contribution in [1.29, 1.82) is 0 Å². The largest absolute Gasteiger partial charge is 0.466 e. The van der Waals surface area contributed by atoms with E-state index in [4.69, 9.17) is 4.74 Å². The lowest BCUT2D eigenvalue weighted by molar-refractivity contribution is -0.149. The summed E-state index contributed by atoms with van der Waals surface area (Å²) in [5.41, 5.74) is 0. The summed E-state index contributed by atoms with van der Waals surface area (Å²) in [5, 5.41) is 0.